The summed E-state index contributed by atoms with van der Waals surface area (Å²) in [7, 11) is 0. The number of alkyl carbamates (subject to hydrolysis) is 2. The summed E-state index contributed by atoms with van der Waals surface area (Å²) in [4.78, 5) is 31.0. The zero-order valence-corrected chi connectivity index (χ0v) is 27.2. The van der Waals surface area contributed by atoms with Gasteiger partial charge >= 0.3 is 12.2 Å². The van der Waals surface area contributed by atoms with Crippen molar-refractivity contribution in [2.24, 2.45) is 5.41 Å². The van der Waals surface area contributed by atoms with Crippen LogP contribution in [0.2, 0.25) is 0 Å². The number of rotatable bonds is 8. The van der Waals surface area contributed by atoms with Crippen molar-refractivity contribution in [3.05, 3.63) is 47.2 Å². The van der Waals surface area contributed by atoms with Crippen LogP contribution in [-0.4, -0.2) is 53.2 Å². The molecule has 2 aromatic rings. The smallest absolute Gasteiger partial charge is 0.408 e. The van der Waals surface area contributed by atoms with E-state index in [9.17, 15) is 9.59 Å². The van der Waals surface area contributed by atoms with Crippen LogP contribution in [0.1, 0.15) is 90.0 Å². The minimum absolute atomic E-state index is 0.0516. The van der Waals surface area contributed by atoms with E-state index in [0.717, 1.165) is 42.4 Å². The van der Waals surface area contributed by atoms with Gasteiger partial charge in [-0.15, -0.1) is 11.6 Å². The Balaban J connectivity index is 1.34. The second-order valence-corrected chi connectivity index (χ2v) is 14.6. The Morgan fingerprint density at radius 2 is 1.82 bits per heavy atom. The van der Waals surface area contributed by atoms with Crippen LogP contribution in [0.25, 0.3) is 0 Å². The SMILES string of the molecule is CC(C)(C)Cc1cnc2c(c1)[C@@H](NC(=O)O[C@H](CCl)[C@H](Cc1ccc3c(c1)OCO3)NC(=O)OC(C)(C)C)CC1(CCC1)O2. The van der Waals surface area contributed by atoms with Crippen molar-refractivity contribution in [3.63, 3.8) is 0 Å². The molecule has 1 fully saturated rings. The van der Waals surface area contributed by atoms with Crippen LogP contribution in [0.5, 0.6) is 17.4 Å². The van der Waals surface area contributed by atoms with Gasteiger partial charge in [-0.2, -0.15) is 0 Å². The van der Waals surface area contributed by atoms with Crippen molar-refractivity contribution in [2.45, 2.75) is 109 Å². The van der Waals surface area contributed by atoms with Gasteiger partial charge in [0, 0.05) is 18.2 Å². The summed E-state index contributed by atoms with van der Waals surface area (Å²) in [5.41, 5.74) is 1.79. The van der Waals surface area contributed by atoms with Gasteiger partial charge in [0.1, 0.15) is 17.3 Å². The molecule has 1 aromatic heterocycles. The Hall–Kier alpha value is -3.40. The largest absolute Gasteiger partial charge is 0.471 e. The number of alkyl halides is 1. The second-order valence-electron chi connectivity index (χ2n) is 14.3. The molecule has 240 valence electrons. The average Bonchev–Trinajstić information content (AvgIpc) is 3.36. The molecular weight excluding hydrogens is 586 g/mol. The minimum atomic E-state index is -0.864. The third-order valence-corrected chi connectivity index (χ3v) is 8.25. The molecule has 10 nitrogen and oxygen atoms in total. The standard InChI is InChI=1S/C33H44ClN3O7/c1-31(2,3)15-21-12-22-24(16-33(10-7-11-33)43-28(22)35-18-21)37-29(38)42-27(17-34)23(36-30(39)44-32(4,5)6)13-20-8-9-25-26(14-20)41-19-40-25/h8-9,12,14,18,23-24,27H,7,10-11,13,15-17,19H2,1-6H3,(H,36,39)(H,37,38)/t23-,24-,27+/m0/s1. The fourth-order valence-corrected chi connectivity index (χ4v) is 6.16. The van der Waals surface area contributed by atoms with Gasteiger partial charge in [-0.1, -0.05) is 26.8 Å². The number of halogens is 1. The molecule has 3 aliphatic rings. The van der Waals surface area contributed by atoms with Gasteiger partial charge in [0.05, 0.1) is 18.0 Å². The molecule has 2 N–H and O–H groups in total. The first-order valence-corrected chi connectivity index (χ1v) is 15.8. The Bertz CT molecular complexity index is 1370. The van der Waals surface area contributed by atoms with Crippen LogP contribution < -0.4 is 24.8 Å². The number of nitrogens with zero attached hydrogens (tertiary/aromatic N) is 1. The highest BCUT2D eigenvalue weighted by molar-refractivity contribution is 6.18. The maximum absolute atomic E-state index is 13.5. The highest BCUT2D eigenvalue weighted by atomic mass is 35.5. The van der Waals surface area contributed by atoms with E-state index in [0.29, 0.717) is 30.2 Å². The Morgan fingerprint density at radius 1 is 1.07 bits per heavy atom. The molecule has 2 aliphatic heterocycles. The number of pyridine rings is 1. The molecule has 11 heteroatoms. The number of carbonyl (C=O) groups is 2. The number of carbonyl (C=O) groups excluding carboxylic acids is 2. The van der Waals surface area contributed by atoms with E-state index in [2.05, 4.69) is 42.5 Å². The molecule has 1 saturated carbocycles. The first kappa shape index (κ1) is 32.0. The molecule has 0 radical (unpaired) electrons. The Kier molecular flexibility index (Phi) is 9.12. The highest BCUT2D eigenvalue weighted by Gasteiger charge is 2.47. The zero-order valence-electron chi connectivity index (χ0n) is 26.5. The molecule has 0 bridgehead atoms. The molecule has 5 rings (SSSR count). The van der Waals surface area contributed by atoms with E-state index in [4.69, 9.17) is 35.3 Å². The van der Waals surface area contributed by atoms with Gasteiger partial charge in [-0.3, -0.25) is 0 Å². The summed E-state index contributed by atoms with van der Waals surface area (Å²) < 4.78 is 28.8. The van der Waals surface area contributed by atoms with Crippen molar-refractivity contribution in [2.75, 3.05) is 12.7 Å². The summed E-state index contributed by atoms with van der Waals surface area (Å²) in [6.07, 6.45) is 4.39. The number of amides is 2. The number of benzene rings is 1. The first-order valence-electron chi connectivity index (χ1n) is 15.3. The summed E-state index contributed by atoms with van der Waals surface area (Å²) >= 11 is 6.39. The van der Waals surface area contributed by atoms with E-state index >= 15 is 0 Å². The lowest BCUT2D eigenvalue weighted by Crippen LogP contribution is -2.52. The average molecular weight is 630 g/mol. The molecule has 44 heavy (non-hydrogen) atoms. The van der Waals surface area contributed by atoms with Gasteiger partial charge in [-0.05, 0) is 87.6 Å². The number of aromatic nitrogens is 1. The highest BCUT2D eigenvalue weighted by Crippen LogP contribution is 2.48. The van der Waals surface area contributed by atoms with Crippen LogP contribution >= 0.6 is 11.6 Å². The molecule has 3 heterocycles. The number of fused-ring (bicyclic) bond motifs is 2. The van der Waals surface area contributed by atoms with Crippen molar-refractivity contribution >= 4 is 23.8 Å². The lowest BCUT2D eigenvalue weighted by atomic mass is 9.73. The third kappa shape index (κ3) is 8.00. The topological polar surface area (TPSA) is 117 Å². The lowest BCUT2D eigenvalue weighted by Gasteiger charge is -2.47. The van der Waals surface area contributed by atoms with Crippen molar-refractivity contribution < 1.29 is 33.3 Å². The first-order chi connectivity index (χ1) is 20.7. The lowest BCUT2D eigenvalue weighted by molar-refractivity contribution is -0.0411. The molecule has 1 aliphatic carbocycles. The van der Waals surface area contributed by atoms with Crippen molar-refractivity contribution in [1.29, 1.82) is 0 Å². The molecule has 3 atom stereocenters. The molecule has 1 spiro atoms. The van der Waals surface area contributed by atoms with Gasteiger partial charge in [0.2, 0.25) is 12.7 Å². The van der Waals surface area contributed by atoms with E-state index in [1.54, 1.807) is 20.8 Å². The zero-order chi connectivity index (χ0) is 31.7. The minimum Gasteiger partial charge on any atom is -0.471 e. The van der Waals surface area contributed by atoms with Crippen molar-refractivity contribution in [3.8, 4) is 17.4 Å². The summed E-state index contributed by atoms with van der Waals surface area (Å²) in [6.45, 7) is 12.0. The second kappa shape index (κ2) is 12.5. The monoisotopic (exact) mass is 629 g/mol. The maximum Gasteiger partial charge on any atom is 0.408 e. The predicted molar refractivity (Wildman–Crippen MR) is 166 cm³/mol. The van der Waals surface area contributed by atoms with E-state index in [-0.39, 0.29) is 29.7 Å². The van der Waals surface area contributed by atoms with Crippen LogP contribution in [0.4, 0.5) is 9.59 Å². The summed E-state index contributed by atoms with van der Waals surface area (Å²) in [6, 6.07) is 6.58. The molecule has 2 amide bonds. The predicted octanol–water partition coefficient (Wildman–Crippen LogP) is 6.61. The number of nitrogens with one attached hydrogen (secondary N) is 2. The van der Waals surface area contributed by atoms with Crippen LogP contribution in [0.15, 0.2) is 30.5 Å². The normalized spacial score (nSPS) is 19.6. The van der Waals surface area contributed by atoms with Gasteiger partial charge < -0.3 is 34.3 Å². The maximum atomic E-state index is 13.5. The quantitative estimate of drug-likeness (QED) is 0.313. The van der Waals surface area contributed by atoms with Crippen LogP contribution in [0, 0.1) is 5.41 Å². The fourth-order valence-electron chi connectivity index (χ4n) is 5.88. The number of hydrogen-bond acceptors (Lipinski definition) is 8. The number of hydrogen-bond donors (Lipinski definition) is 2. The summed E-state index contributed by atoms with van der Waals surface area (Å²) in [5, 5.41) is 5.95. The van der Waals surface area contributed by atoms with E-state index in [1.165, 1.54) is 0 Å². The van der Waals surface area contributed by atoms with E-state index < -0.39 is 29.9 Å². The van der Waals surface area contributed by atoms with Crippen LogP contribution in [0.3, 0.4) is 0 Å². The molecule has 1 aromatic carbocycles. The molecular formula is C33H44ClN3O7. The molecule has 0 unspecified atom stereocenters. The van der Waals surface area contributed by atoms with Gasteiger partial charge in [0.15, 0.2) is 11.5 Å². The fraction of sp³-hybridized carbons (Fsp3) is 0.606. The van der Waals surface area contributed by atoms with Crippen molar-refractivity contribution in [1.82, 2.24) is 15.6 Å². The number of ether oxygens (including phenoxy) is 5. The third-order valence-electron chi connectivity index (χ3n) is 7.95. The van der Waals surface area contributed by atoms with Crippen LogP contribution in [-0.2, 0) is 22.3 Å². The van der Waals surface area contributed by atoms with Gasteiger partial charge in [-0.25, -0.2) is 14.6 Å². The van der Waals surface area contributed by atoms with Gasteiger partial charge in [0.25, 0.3) is 0 Å². The molecule has 0 saturated heterocycles. The Morgan fingerprint density at radius 3 is 2.48 bits per heavy atom. The van der Waals surface area contributed by atoms with E-state index in [1.807, 2.05) is 24.4 Å². The summed E-state index contributed by atoms with van der Waals surface area (Å²) in [5.74, 6) is 1.77. The Labute approximate surface area is 264 Å².